The summed E-state index contributed by atoms with van der Waals surface area (Å²) in [5.74, 6) is 0.682. The van der Waals surface area contributed by atoms with Crippen LogP contribution in [0.4, 0.5) is 11.4 Å². The predicted octanol–water partition coefficient (Wildman–Crippen LogP) is 4.05. The van der Waals surface area contributed by atoms with E-state index >= 15 is 0 Å². The molecule has 0 bridgehead atoms. The van der Waals surface area contributed by atoms with Gasteiger partial charge in [0.15, 0.2) is 0 Å². The fourth-order valence-electron chi connectivity index (χ4n) is 3.04. The number of nitrogens with zero attached hydrogens (tertiary/aromatic N) is 1. The van der Waals surface area contributed by atoms with Crippen LogP contribution in [0.15, 0.2) is 36.4 Å². The van der Waals surface area contributed by atoms with Crippen molar-refractivity contribution < 1.29 is 9.53 Å². The van der Waals surface area contributed by atoms with Crippen molar-refractivity contribution in [2.24, 2.45) is 0 Å². The lowest BCUT2D eigenvalue weighted by molar-refractivity contribution is -0.118. The third-order valence-corrected chi connectivity index (χ3v) is 4.78. The summed E-state index contributed by atoms with van der Waals surface area (Å²) in [6.45, 7) is 4.52. The molecular weight excluding hydrogens is 324 g/mol. The normalized spacial score (nSPS) is 14.2. The Kier molecular flexibility index (Phi) is 4.67. The lowest BCUT2D eigenvalue weighted by atomic mass is 10.1. The summed E-state index contributed by atoms with van der Waals surface area (Å²) in [7, 11) is 1.59. The van der Waals surface area contributed by atoms with Crippen LogP contribution in [0.2, 0.25) is 5.02 Å². The number of halogens is 1. The van der Waals surface area contributed by atoms with Crippen LogP contribution in [0, 0.1) is 6.92 Å². The number of methoxy groups -OCH3 is 1. The van der Waals surface area contributed by atoms with E-state index in [1.807, 2.05) is 43.0 Å². The third-order valence-electron chi connectivity index (χ3n) is 4.38. The second-order valence-electron chi connectivity index (χ2n) is 6.04. The van der Waals surface area contributed by atoms with Gasteiger partial charge in [-0.05, 0) is 43.5 Å². The van der Waals surface area contributed by atoms with E-state index in [0.717, 1.165) is 29.9 Å². The number of para-hydroxylation sites is 1. The van der Waals surface area contributed by atoms with Crippen LogP contribution in [-0.2, 0) is 11.2 Å². The minimum Gasteiger partial charge on any atom is -0.495 e. The fraction of sp³-hybridized carbons (Fsp3) is 0.316. The number of carbonyl (C=O) groups is 1. The number of nitrogens with one attached hydrogen (secondary N) is 1. The van der Waals surface area contributed by atoms with Crippen molar-refractivity contribution in [3.05, 3.63) is 52.5 Å². The standard InChI is InChI=1S/C19H21ClN2O2/c1-12-10-16(18(24-3)11-15(12)20)21-13(2)19(23)22-9-8-14-6-4-5-7-17(14)22/h4-7,10-11,13,21H,8-9H2,1-3H3/t13-/m1/s1. The Balaban J connectivity index is 1.80. The van der Waals surface area contributed by atoms with Gasteiger partial charge in [0.05, 0.1) is 12.8 Å². The van der Waals surface area contributed by atoms with Crippen LogP contribution in [0.5, 0.6) is 5.75 Å². The molecule has 2 aromatic rings. The van der Waals surface area contributed by atoms with Crippen molar-refractivity contribution in [1.82, 2.24) is 0 Å². The van der Waals surface area contributed by atoms with Crippen LogP contribution in [-0.4, -0.2) is 25.6 Å². The number of aryl methyl sites for hydroxylation is 1. The number of anilines is 2. The average Bonchev–Trinajstić information content (AvgIpc) is 3.01. The Morgan fingerprint density at radius 3 is 2.83 bits per heavy atom. The maximum absolute atomic E-state index is 12.9. The molecule has 1 amide bonds. The molecule has 1 aliphatic heterocycles. The Bertz CT molecular complexity index is 776. The Hall–Kier alpha value is -2.20. The highest BCUT2D eigenvalue weighted by Gasteiger charge is 2.28. The van der Waals surface area contributed by atoms with E-state index < -0.39 is 0 Å². The van der Waals surface area contributed by atoms with Crippen molar-refractivity contribution in [2.75, 3.05) is 23.9 Å². The van der Waals surface area contributed by atoms with Gasteiger partial charge in [-0.15, -0.1) is 0 Å². The first-order valence-electron chi connectivity index (χ1n) is 8.01. The van der Waals surface area contributed by atoms with Gasteiger partial charge in [-0.3, -0.25) is 4.79 Å². The molecule has 0 unspecified atom stereocenters. The number of hydrogen-bond acceptors (Lipinski definition) is 3. The zero-order valence-electron chi connectivity index (χ0n) is 14.1. The number of rotatable bonds is 4. The minimum absolute atomic E-state index is 0.0506. The molecule has 0 radical (unpaired) electrons. The molecule has 0 saturated carbocycles. The highest BCUT2D eigenvalue weighted by atomic mass is 35.5. The SMILES string of the molecule is COc1cc(Cl)c(C)cc1N[C@H](C)C(=O)N1CCc2ccccc21. The average molecular weight is 345 g/mol. The molecular formula is C19H21ClN2O2. The van der Waals surface area contributed by atoms with Crippen LogP contribution in [0.25, 0.3) is 0 Å². The quantitative estimate of drug-likeness (QED) is 0.909. The zero-order valence-corrected chi connectivity index (χ0v) is 14.9. The summed E-state index contributed by atoms with van der Waals surface area (Å²) in [5.41, 5.74) is 3.94. The molecule has 0 aliphatic carbocycles. The van der Waals surface area contributed by atoms with Crippen LogP contribution < -0.4 is 15.0 Å². The largest absolute Gasteiger partial charge is 0.495 e. The van der Waals surface area contributed by atoms with Gasteiger partial charge in [-0.1, -0.05) is 29.8 Å². The van der Waals surface area contributed by atoms with Gasteiger partial charge < -0.3 is 15.0 Å². The number of amides is 1. The number of hydrogen-bond donors (Lipinski definition) is 1. The Morgan fingerprint density at radius 2 is 2.08 bits per heavy atom. The third kappa shape index (κ3) is 3.06. The van der Waals surface area contributed by atoms with E-state index in [1.165, 1.54) is 5.56 Å². The number of carbonyl (C=O) groups excluding carboxylic acids is 1. The molecule has 1 atom stereocenters. The van der Waals surface area contributed by atoms with Gasteiger partial charge in [-0.2, -0.15) is 0 Å². The van der Waals surface area contributed by atoms with Crippen molar-refractivity contribution in [1.29, 1.82) is 0 Å². The summed E-state index contributed by atoms with van der Waals surface area (Å²) in [5, 5.41) is 3.91. The van der Waals surface area contributed by atoms with Crippen LogP contribution >= 0.6 is 11.6 Å². The van der Waals surface area contributed by atoms with Crippen LogP contribution in [0.1, 0.15) is 18.1 Å². The fourth-order valence-corrected chi connectivity index (χ4v) is 3.19. The molecule has 1 heterocycles. The van der Waals surface area contributed by atoms with E-state index in [0.29, 0.717) is 10.8 Å². The summed E-state index contributed by atoms with van der Waals surface area (Å²) >= 11 is 6.14. The molecule has 126 valence electrons. The van der Waals surface area contributed by atoms with Crippen molar-refractivity contribution in [3.8, 4) is 5.75 Å². The van der Waals surface area contributed by atoms with Crippen molar-refractivity contribution in [3.63, 3.8) is 0 Å². The topological polar surface area (TPSA) is 41.6 Å². The molecule has 5 heteroatoms. The van der Waals surface area contributed by atoms with Crippen molar-refractivity contribution >= 4 is 28.9 Å². The molecule has 1 N–H and O–H groups in total. The van der Waals surface area contributed by atoms with Gasteiger partial charge >= 0.3 is 0 Å². The van der Waals surface area contributed by atoms with E-state index in [4.69, 9.17) is 16.3 Å². The first-order chi connectivity index (χ1) is 11.5. The van der Waals surface area contributed by atoms with E-state index in [1.54, 1.807) is 13.2 Å². The highest BCUT2D eigenvalue weighted by molar-refractivity contribution is 6.31. The molecule has 3 rings (SSSR count). The van der Waals surface area contributed by atoms with Gasteiger partial charge in [0, 0.05) is 23.3 Å². The number of ether oxygens (including phenoxy) is 1. The first-order valence-corrected chi connectivity index (χ1v) is 8.39. The molecule has 24 heavy (non-hydrogen) atoms. The lowest BCUT2D eigenvalue weighted by Gasteiger charge is -2.24. The number of benzene rings is 2. The minimum atomic E-state index is -0.370. The Labute approximate surface area is 147 Å². The lowest BCUT2D eigenvalue weighted by Crippen LogP contribution is -2.40. The van der Waals surface area contributed by atoms with Gasteiger partial charge in [-0.25, -0.2) is 0 Å². The summed E-state index contributed by atoms with van der Waals surface area (Å²) in [6, 6.07) is 11.4. The summed E-state index contributed by atoms with van der Waals surface area (Å²) < 4.78 is 5.37. The van der Waals surface area contributed by atoms with E-state index in [9.17, 15) is 4.79 Å². The maximum Gasteiger partial charge on any atom is 0.249 e. The van der Waals surface area contributed by atoms with E-state index in [-0.39, 0.29) is 11.9 Å². The zero-order chi connectivity index (χ0) is 17.3. The molecule has 2 aromatic carbocycles. The van der Waals surface area contributed by atoms with Gasteiger partial charge in [0.1, 0.15) is 11.8 Å². The highest BCUT2D eigenvalue weighted by Crippen LogP contribution is 2.32. The second kappa shape index (κ2) is 6.73. The Morgan fingerprint density at radius 1 is 1.33 bits per heavy atom. The van der Waals surface area contributed by atoms with Crippen molar-refractivity contribution in [2.45, 2.75) is 26.3 Å². The van der Waals surface area contributed by atoms with Gasteiger partial charge in [0.25, 0.3) is 0 Å². The smallest absolute Gasteiger partial charge is 0.249 e. The second-order valence-corrected chi connectivity index (χ2v) is 6.44. The molecule has 4 nitrogen and oxygen atoms in total. The van der Waals surface area contributed by atoms with E-state index in [2.05, 4.69) is 11.4 Å². The molecule has 0 spiro atoms. The molecule has 1 aliphatic rings. The number of fused-ring (bicyclic) bond motifs is 1. The molecule has 0 aromatic heterocycles. The maximum atomic E-state index is 12.9. The first kappa shape index (κ1) is 16.7. The van der Waals surface area contributed by atoms with Gasteiger partial charge in [0.2, 0.25) is 5.91 Å². The summed E-state index contributed by atoms with van der Waals surface area (Å²) in [6.07, 6.45) is 0.901. The monoisotopic (exact) mass is 344 g/mol. The molecule has 0 fully saturated rings. The predicted molar refractivity (Wildman–Crippen MR) is 98.3 cm³/mol. The van der Waals surface area contributed by atoms with Crippen LogP contribution in [0.3, 0.4) is 0 Å². The summed E-state index contributed by atoms with van der Waals surface area (Å²) in [4.78, 5) is 14.7. The molecule has 0 saturated heterocycles.